The van der Waals surface area contributed by atoms with Crippen LogP contribution < -0.4 is 20.2 Å². The highest BCUT2D eigenvalue weighted by Crippen LogP contribution is 2.31. The van der Waals surface area contributed by atoms with Crippen molar-refractivity contribution in [2.75, 3.05) is 19.5 Å². The molecule has 0 bridgehead atoms. The van der Waals surface area contributed by atoms with E-state index in [1.54, 1.807) is 44.7 Å². The Bertz CT molecular complexity index is 858. The van der Waals surface area contributed by atoms with Crippen molar-refractivity contribution in [2.45, 2.75) is 0 Å². The minimum Gasteiger partial charge on any atom is -0.496 e. The van der Waals surface area contributed by atoms with Gasteiger partial charge in [0, 0.05) is 17.3 Å². The van der Waals surface area contributed by atoms with Crippen LogP contribution in [0, 0.1) is 0 Å². The van der Waals surface area contributed by atoms with Gasteiger partial charge in [0.05, 0.1) is 30.5 Å². The van der Waals surface area contributed by atoms with E-state index in [1.165, 1.54) is 12.1 Å². The van der Waals surface area contributed by atoms with Gasteiger partial charge in [-0.15, -0.1) is 0 Å². The summed E-state index contributed by atoms with van der Waals surface area (Å²) in [5.41, 5.74) is 4.08. The predicted octanol–water partition coefficient (Wildman–Crippen LogP) is 3.49. The molecule has 0 aromatic heterocycles. The molecule has 0 aliphatic rings. The van der Waals surface area contributed by atoms with Crippen LogP contribution in [0.1, 0.15) is 15.9 Å². The Kier molecular flexibility index (Phi) is 6.93. The molecular weight excluding hydrogens is 422 g/mol. The Labute approximate surface area is 164 Å². The summed E-state index contributed by atoms with van der Waals surface area (Å²) in [7, 11) is 3.12. The number of nitrogens with one attached hydrogen (secondary N) is 2. The van der Waals surface area contributed by atoms with Gasteiger partial charge in [0.15, 0.2) is 5.11 Å². The number of methoxy groups -OCH3 is 2. The SMILES string of the molecule is COc1cc(OC)c(/C=N/NC(=S)Nc2cccc(C(=O)O)c2)cc1Br. The lowest BCUT2D eigenvalue weighted by Gasteiger charge is -2.10. The average molecular weight is 438 g/mol. The molecule has 2 aromatic carbocycles. The van der Waals surface area contributed by atoms with Crippen LogP contribution in [0.2, 0.25) is 0 Å². The minimum absolute atomic E-state index is 0.161. The summed E-state index contributed by atoms with van der Waals surface area (Å²) >= 11 is 8.55. The van der Waals surface area contributed by atoms with E-state index < -0.39 is 5.97 Å². The predicted molar refractivity (Wildman–Crippen MR) is 108 cm³/mol. The highest BCUT2D eigenvalue weighted by molar-refractivity contribution is 9.10. The van der Waals surface area contributed by atoms with Gasteiger partial charge in [-0.1, -0.05) is 6.07 Å². The van der Waals surface area contributed by atoms with Gasteiger partial charge in [0.2, 0.25) is 0 Å². The van der Waals surface area contributed by atoms with E-state index in [4.69, 9.17) is 26.8 Å². The highest BCUT2D eigenvalue weighted by Gasteiger charge is 2.08. The second-order valence-corrected chi connectivity index (χ2v) is 6.20. The number of hydrogen-bond donors (Lipinski definition) is 3. The molecule has 26 heavy (non-hydrogen) atoms. The molecule has 0 amide bonds. The Hall–Kier alpha value is -2.65. The number of carboxylic acids is 1. The van der Waals surface area contributed by atoms with Crippen molar-refractivity contribution in [3.8, 4) is 11.5 Å². The smallest absolute Gasteiger partial charge is 0.335 e. The van der Waals surface area contributed by atoms with E-state index >= 15 is 0 Å². The molecule has 0 aliphatic carbocycles. The van der Waals surface area contributed by atoms with E-state index in [0.29, 0.717) is 22.7 Å². The maximum absolute atomic E-state index is 11.0. The van der Waals surface area contributed by atoms with Crippen molar-refractivity contribution in [1.29, 1.82) is 0 Å². The lowest BCUT2D eigenvalue weighted by atomic mass is 10.2. The topological polar surface area (TPSA) is 92.2 Å². The van der Waals surface area contributed by atoms with Crippen LogP contribution in [0.5, 0.6) is 11.5 Å². The zero-order chi connectivity index (χ0) is 19.1. The number of rotatable bonds is 6. The maximum atomic E-state index is 11.0. The number of carbonyl (C=O) groups is 1. The number of hydrazone groups is 1. The third kappa shape index (κ3) is 5.17. The number of aromatic carboxylic acids is 1. The van der Waals surface area contributed by atoms with E-state index in [9.17, 15) is 4.79 Å². The largest absolute Gasteiger partial charge is 0.496 e. The summed E-state index contributed by atoms with van der Waals surface area (Å²) < 4.78 is 11.3. The van der Waals surface area contributed by atoms with Gasteiger partial charge in [-0.3, -0.25) is 5.43 Å². The Morgan fingerprint density at radius 3 is 2.62 bits per heavy atom. The van der Waals surface area contributed by atoms with Crippen LogP contribution in [0.15, 0.2) is 46.0 Å². The fourth-order valence-corrected chi connectivity index (χ4v) is 2.73. The molecule has 0 atom stereocenters. The zero-order valence-electron chi connectivity index (χ0n) is 13.9. The molecule has 3 N–H and O–H groups in total. The van der Waals surface area contributed by atoms with Gasteiger partial charge >= 0.3 is 5.97 Å². The Balaban J connectivity index is 2.04. The Morgan fingerprint density at radius 2 is 1.96 bits per heavy atom. The molecule has 2 rings (SSSR count). The average Bonchev–Trinajstić information content (AvgIpc) is 2.62. The number of carboxylic acid groups (broad SMARTS) is 1. The molecule has 136 valence electrons. The number of hydrogen-bond acceptors (Lipinski definition) is 5. The fourth-order valence-electron chi connectivity index (χ4n) is 2.03. The number of benzene rings is 2. The molecule has 0 saturated heterocycles. The molecule has 9 heteroatoms. The van der Waals surface area contributed by atoms with Gasteiger partial charge < -0.3 is 19.9 Å². The number of anilines is 1. The quantitative estimate of drug-likeness (QED) is 0.361. The van der Waals surface area contributed by atoms with Gasteiger partial charge in [-0.2, -0.15) is 5.10 Å². The summed E-state index contributed by atoms with van der Waals surface area (Å²) in [5, 5.41) is 16.1. The first-order valence-electron chi connectivity index (χ1n) is 7.29. The molecule has 0 aliphatic heterocycles. The normalized spacial score (nSPS) is 10.4. The van der Waals surface area contributed by atoms with Gasteiger partial charge in [-0.05, 0) is 52.4 Å². The van der Waals surface area contributed by atoms with Crippen molar-refractivity contribution >= 4 is 51.1 Å². The Morgan fingerprint density at radius 1 is 1.23 bits per heavy atom. The van der Waals surface area contributed by atoms with E-state index in [1.807, 2.05) is 0 Å². The van der Waals surface area contributed by atoms with Crippen molar-refractivity contribution in [3.63, 3.8) is 0 Å². The molecule has 7 nitrogen and oxygen atoms in total. The molecule has 0 radical (unpaired) electrons. The summed E-state index contributed by atoms with van der Waals surface area (Å²) in [6.07, 6.45) is 1.55. The van der Waals surface area contributed by atoms with Crippen LogP contribution in [0.3, 0.4) is 0 Å². The fraction of sp³-hybridized carbons (Fsp3) is 0.118. The first kappa shape index (κ1) is 19.7. The number of thiocarbonyl (C=S) groups is 1. The van der Waals surface area contributed by atoms with E-state index in [-0.39, 0.29) is 10.7 Å². The summed E-state index contributed by atoms with van der Waals surface area (Å²) in [4.78, 5) is 11.0. The van der Waals surface area contributed by atoms with Crippen LogP contribution >= 0.6 is 28.1 Å². The second-order valence-electron chi connectivity index (χ2n) is 4.94. The van der Waals surface area contributed by atoms with Crippen LogP contribution in [-0.4, -0.2) is 36.6 Å². The van der Waals surface area contributed by atoms with Crippen molar-refractivity contribution in [3.05, 3.63) is 52.0 Å². The van der Waals surface area contributed by atoms with Crippen LogP contribution in [0.4, 0.5) is 5.69 Å². The molecule has 0 fully saturated rings. The van der Waals surface area contributed by atoms with Crippen LogP contribution in [0.25, 0.3) is 0 Å². The molecule has 0 spiro atoms. The molecule has 0 unspecified atom stereocenters. The minimum atomic E-state index is -1.01. The third-order valence-electron chi connectivity index (χ3n) is 3.24. The van der Waals surface area contributed by atoms with Crippen molar-refractivity contribution < 1.29 is 19.4 Å². The lowest BCUT2D eigenvalue weighted by molar-refractivity contribution is 0.0697. The van der Waals surface area contributed by atoms with Gasteiger partial charge in [0.1, 0.15) is 11.5 Å². The van der Waals surface area contributed by atoms with Crippen molar-refractivity contribution in [1.82, 2.24) is 5.43 Å². The molecule has 2 aromatic rings. The maximum Gasteiger partial charge on any atom is 0.335 e. The first-order valence-corrected chi connectivity index (χ1v) is 8.49. The standard InChI is InChI=1S/C17H16BrN3O4S/c1-24-14-8-15(25-2)13(18)7-11(14)9-19-21-17(26)20-12-5-3-4-10(6-12)16(22)23/h3-9H,1-2H3,(H,22,23)(H2,20,21,26)/b19-9+. The lowest BCUT2D eigenvalue weighted by Crippen LogP contribution is -2.24. The molecule has 0 saturated carbocycles. The number of ether oxygens (including phenoxy) is 2. The first-order chi connectivity index (χ1) is 12.4. The second kappa shape index (κ2) is 9.16. The van der Waals surface area contributed by atoms with Crippen LogP contribution in [-0.2, 0) is 0 Å². The van der Waals surface area contributed by atoms with Crippen molar-refractivity contribution in [2.24, 2.45) is 5.10 Å². The monoisotopic (exact) mass is 437 g/mol. The third-order valence-corrected chi connectivity index (χ3v) is 4.05. The zero-order valence-corrected chi connectivity index (χ0v) is 16.3. The number of nitrogens with zero attached hydrogens (tertiary/aromatic N) is 1. The van der Waals surface area contributed by atoms with E-state index in [0.717, 1.165) is 4.47 Å². The highest BCUT2D eigenvalue weighted by atomic mass is 79.9. The number of halogens is 1. The summed E-state index contributed by atoms with van der Waals surface area (Å²) in [6, 6.07) is 9.83. The van der Waals surface area contributed by atoms with Gasteiger partial charge in [-0.25, -0.2) is 4.79 Å². The molecular formula is C17H16BrN3O4S. The van der Waals surface area contributed by atoms with E-state index in [2.05, 4.69) is 31.8 Å². The van der Waals surface area contributed by atoms with Gasteiger partial charge in [0.25, 0.3) is 0 Å². The summed E-state index contributed by atoms with van der Waals surface area (Å²) in [5.74, 6) is 0.217. The summed E-state index contributed by atoms with van der Waals surface area (Å²) in [6.45, 7) is 0. The molecule has 0 heterocycles.